The maximum Gasteiger partial charge on any atom is 0.0586 e. The van der Waals surface area contributed by atoms with Crippen molar-refractivity contribution in [2.45, 2.75) is 69.1 Å². The molecule has 3 nitrogen and oxygen atoms in total. The summed E-state index contributed by atoms with van der Waals surface area (Å²) in [6.45, 7) is 3.71. The van der Waals surface area contributed by atoms with E-state index >= 15 is 0 Å². The number of rotatable bonds is 2. The van der Waals surface area contributed by atoms with Crippen LogP contribution in [0.3, 0.4) is 0 Å². The molecule has 3 heteroatoms. The van der Waals surface area contributed by atoms with Crippen molar-refractivity contribution in [3.8, 4) is 0 Å². The molecule has 104 valence electrons. The van der Waals surface area contributed by atoms with Crippen LogP contribution >= 0.6 is 0 Å². The molecule has 0 aromatic rings. The van der Waals surface area contributed by atoms with Gasteiger partial charge in [-0.1, -0.05) is 19.3 Å². The summed E-state index contributed by atoms with van der Waals surface area (Å²) in [5.41, 5.74) is 0.460. The van der Waals surface area contributed by atoms with Gasteiger partial charge in [0, 0.05) is 38.3 Å². The largest absolute Gasteiger partial charge is 0.381 e. The first-order chi connectivity index (χ1) is 8.81. The summed E-state index contributed by atoms with van der Waals surface area (Å²) in [4.78, 5) is 2.76. The molecule has 0 bridgehead atoms. The molecule has 2 aliphatic carbocycles. The lowest BCUT2D eigenvalue weighted by Gasteiger charge is -2.48. The van der Waals surface area contributed by atoms with Crippen molar-refractivity contribution in [1.29, 1.82) is 0 Å². The summed E-state index contributed by atoms with van der Waals surface area (Å²) in [5.74, 6) is 0. The molecule has 1 spiro atoms. The first-order valence-corrected chi connectivity index (χ1v) is 7.83. The summed E-state index contributed by atoms with van der Waals surface area (Å²) >= 11 is 0. The van der Waals surface area contributed by atoms with Crippen LogP contribution < -0.4 is 5.32 Å². The zero-order valence-electron chi connectivity index (χ0n) is 11.8. The van der Waals surface area contributed by atoms with Gasteiger partial charge in [0.25, 0.3) is 0 Å². The van der Waals surface area contributed by atoms with Crippen LogP contribution in [0.2, 0.25) is 0 Å². The van der Waals surface area contributed by atoms with Crippen molar-refractivity contribution in [3.05, 3.63) is 0 Å². The Kier molecular flexibility index (Phi) is 3.92. The SMILES string of the molecule is COC1CCC(N2CCNC3(CCCCC3)C2)C1. The molecule has 3 fully saturated rings. The third-order valence-corrected chi connectivity index (χ3v) is 5.42. The molecular formula is C15H28N2O. The summed E-state index contributed by atoms with van der Waals surface area (Å²) in [7, 11) is 1.87. The molecule has 0 aromatic carbocycles. The second kappa shape index (κ2) is 5.48. The van der Waals surface area contributed by atoms with Crippen molar-refractivity contribution in [1.82, 2.24) is 10.2 Å². The molecule has 1 aliphatic heterocycles. The Morgan fingerprint density at radius 3 is 2.72 bits per heavy atom. The fourth-order valence-electron chi connectivity index (χ4n) is 4.33. The fourth-order valence-corrected chi connectivity index (χ4v) is 4.33. The van der Waals surface area contributed by atoms with E-state index in [9.17, 15) is 0 Å². The van der Waals surface area contributed by atoms with Gasteiger partial charge in [0.15, 0.2) is 0 Å². The van der Waals surface area contributed by atoms with Crippen LogP contribution in [-0.4, -0.2) is 49.3 Å². The Labute approximate surface area is 111 Å². The average molecular weight is 252 g/mol. The topological polar surface area (TPSA) is 24.5 Å². The Balaban J connectivity index is 1.60. The average Bonchev–Trinajstić information content (AvgIpc) is 2.88. The highest BCUT2D eigenvalue weighted by atomic mass is 16.5. The predicted molar refractivity (Wildman–Crippen MR) is 73.8 cm³/mol. The van der Waals surface area contributed by atoms with Crippen LogP contribution in [0.5, 0.6) is 0 Å². The van der Waals surface area contributed by atoms with Gasteiger partial charge in [-0.3, -0.25) is 4.90 Å². The van der Waals surface area contributed by atoms with E-state index in [0.717, 1.165) is 6.04 Å². The number of methoxy groups -OCH3 is 1. The van der Waals surface area contributed by atoms with Crippen LogP contribution in [0.1, 0.15) is 51.4 Å². The molecule has 0 radical (unpaired) electrons. The highest BCUT2D eigenvalue weighted by Crippen LogP contribution is 2.34. The predicted octanol–water partition coefficient (Wildman–Crippen LogP) is 2.16. The molecule has 1 saturated heterocycles. The van der Waals surface area contributed by atoms with Crippen molar-refractivity contribution in [2.75, 3.05) is 26.7 Å². The van der Waals surface area contributed by atoms with Crippen LogP contribution in [0, 0.1) is 0 Å². The van der Waals surface area contributed by atoms with Gasteiger partial charge in [-0.05, 0) is 32.1 Å². The van der Waals surface area contributed by atoms with E-state index in [1.54, 1.807) is 0 Å². The van der Waals surface area contributed by atoms with E-state index in [-0.39, 0.29) is 0 Å². The number of ether oxygens (including phenoxy) is 1. The molecule has 1 heterocycles. The van der Waals surface area contributed by atoms with Gasteiger partial charge in [0.2, 0.25) is 0 Å². The van der Waals surface area contributed by atoms with Gasteiger partial charge in [0.1, 0.15) is 0 Å². The van der Waals surface area contributed by atoms with E-state index < -0.39 is 0 Å². The van der Waals surface area contributed by atoms with Gasteiger partial charge >= 0.3 is 0 Å². The summed E-state index contributed by atoms with van der Waals surface area (Å²) in [5, 5.41) is 3.84. The Bertz CT molecular complexity index is 270. The first-order valence-electron chi connectivity index (χ1n) is 7.83. The molecule has 2 saturated carbocycles. The zero-order chi connectivity index (χ0) is 12.4. The fraction of sp³-hybridized carbons (Fsp3) is 1.00. The van der Waals surface area contributed by atoms with E-state index in [2.05, 4.69) is 10.2 Å². The van der Waals surface area contributed by atoms with Crippen LogP contribution in [0.15, 0.2) is 0 Å². The number of nitrogens with zero attached hydrogens (tertiary/aromatic N) is 1. The van der Waals surface area contributed by atoms with Crippen molar-refractivity contribution < 1.29 is 4.74 Å². The van der Waals surface area contributed by atoms with Crippen molar-refractivity contribution in [2.24, 2.45) is 0 Å². The molecular weight excluding hydrogens is 224 g/mol. The molecule has 2 atom stereocenters. The van der Waals surface area contributed by atoms with Crippen LogP contribution in [0.4, 0.5) is 0 Å². The molecule has 18 heavy (non-hydrogen) atoms. The minimum atomic E-state index is 0.460. The minimum absolute atomic E-state index is 0.460. The van der Waals surface area contributed by atoms with E-state index in [1.165, 1.54) is 71.0 Å². The first kappa shape index (κ1) is 12.9. The van der Waals surface area contributed by atoms with E-state index in [1.807, 2.05) is 7.11 Å². The molecule has 0 amide bonds. The van der Waals surface area contributed by atoms with Crippen molar-refractivity contribution in [3.63, 3.8) is 0 Å². The Morgan fingerprint density at radius 1 is 1.17 bits per heavy atom. The lowest BCUT2D eigenvalue weighted by Crippen LogP contribution is -2.62. The van der Waals surface area contributed by atoms with Crippen LogP contribution in [-0.2, 0) is 4.74 Å². The Morgan fingerprint density at radius 2 is 2.00 bits per heavy atom. The highest BCUT2D eigenvalue weighted by Gasteiger charge is 2.39. The summed E-state index contributed by atoms with van der Waals surface area (Å²) in [6.07, 6.45) is 11.5. The number of nitrogens with one attached hydrogen (secondary N) is 1. The lowest BCUT2D eigenvalue weighted by molar-refractivity contribution is 0.0564. The third kappa shape index (κ3) is 2.59. The lowest BCUT2D eigenvalue weighted by atomic mass is 9.80. The maximum absolute atomic E-state index is 5.53. The summed E-state index contributed by atoms with van der Waals surface area (Å²) < 4.78 is 5.53. The monoisotopic (exact) mass is 252 g/mol. The van der Waals surface area contributed by atoms with Gasteiger partial charge in [-0.15, -0.1) is 0 Å². The molecule has 3 aliphatic rings. The molecule has 3 rings (SSSR count). The smallest absolute Gasteiger partial charge is 0.0586 e. The quantitative estimate of drug-likeness (QED) is 0.815. The number of hydrogen-bond acceptors (Lipinski definition) is 3. The van der Waals surface area contributed by atoms with Gasteiger partial charge < -0.3 is 10.1 Å². The number of piperazine rings is 1. The minimum Gasteiger partial charge on any atom is -0.381 e. The maximum atomic E-state index is 5.53. The molecule has 0 aromatic heterocycles. The van der Waals surface area contributed by atoms with Crippen LogP contribution in [0.25, 0.3) is 0 Å². The molecule has 2 unspecified atom stereocenters. The summed E-state index contributed by atoms with van der Waals surface area (Å²) in [6, 6.07) is 0.788. The molecule has 1 N–H and O–H groups in total. The highest BCUT2D eigenvalue weighted by molar-refractivity contribution is 4.99. The van der Waals surface area contributed by atoms with Crippen molar-refractivity contribution >= 4 is 0 Å². The van der Waals surface area contributed by atoms with Gasteiger partial charge in [0.05, 0.1) is 6.10 Å². The second-order valence-electron chi connectivity index (χ2n) is 6.56. The third-order valence-electron chi connectivity index (χ3n) is 5.42. The zero-order valence-corrected chi connectivity index (χ0v) is 11.8. The Hall–Kier alpha value is -0.120. The van der Waals surface area contributed by atoms with E-state index in [4.69, 9.17) is 4.74 Å². The standard InChI is InChI=1S/C15H28N2O/c1-18-14-6-5-13(11-14)17-10-9-16-15(12-17)7-3-2-4-8-15/h13-14,16H,2-12H2,1H3. The van der Waals surface area contributed by atoms with Gasteiger partial charge in [-0.2, -0.15) is 0 Å². The second-order valence-corrected chi connectivity index (χ2v) is 6.56. The van der Waals surface area contributed by atoms with E-state index in [0.29, 0.717) is 11.6 Å². The number of hydrogen-bond donors (Lipinski definition) is 1. The normalized spacial score (nSPS) is 37.2. The van der Waals surface area contributed by atoms with Gasteiger partial charge in [-0.25, -0.2) is 0 Å².